The summed E-state index contributed by atoms with van der Waals surface area (Å²) in [6, 6.07) is 9.39. The van der Waals surface area contributed by atoms with Crippen molar-refractivity contribution in [2.45, 2.75) is 19.9 Å². The maximum Gasteiger partial charge on any atom is 0.219 e. The van der Waals surface area contributed by atoms with E-state index in [1.54, 1.807) is 12.3 Å². The van der Waals surface area contributed by atoms with Crippen LogP contribution in [-0.4, -0.2) is 11.0 Å². The first-order valence-electron chi connectivity index (χ1n) is 6.38. The van der Waals surface area contributed by atoms with Crippen LogP contribution in [0.15, 0.2) is 42.6 Å². The van der Waals surface area contributed by atoms with Gasteiger partial charge in [0.05, 0.1) is 5.02 Å². The van der Waals surface area contributed by atoms with E-state index < -0.39 is 0 Å². The Balaban J connectivity index is 2.10. The SMILES string of the molecule is Cc1ccc(Oc2ccc(/C=C/[C@H](C)N)cn2)c(Cl)c1. The van der Waals surface area contributed by atoms with Gasteiger partial charge < -0.3 is 10.5 Å². The number of benzene rings is 1. The van der Waals surface area contributed by atoms with Crippen molar-refractivity contribution in [3.8, 4) is 11.6 Å². The first-order valence-corrected chi connectivity index (χ1v) is 6.76. The second-order valence-corrected chi connectivity index (χ2v) is 5.09. The third kappa shape index (κ3) is 4.08. The number of pyridine rings is 1. The van der Waals surface area contributed by atoms with Gasteiger partial charge in [-0.05, 0) is 43.2 Å². The second-order valence-electron chi connectivity index (χ2n) is 4.68. The number of aryl methyl sites for hydroxylation is 1. The minimum atomic E-state index is 0.0253. The number of aromatic nitrogens is 1. The molecule has 4 heteroatoms. The summed E-state index contributed by atoms with van der Waals surface area (Å²) in [5.74, 6) is 1.11. The number of nitrogens with zero attached hydrogens (tertiary/aromatic N) is 1. The zero-order valence-corrected chi connectivity index (χ0v) is 12.3. The van der Waals surface area contributed by atoms with Gasteiger partial charge in [-0.1, -0.05) is 29.8 Å². The summed E-state index contributed by atoms with van der Waals surface area (Å²) >= 11 is 6.12. The van der Waals surface area contributed by atoms with Gasteiger partial charge in [-0.25, -0.2) is 4.98 Å². The Labute approximate surface area is 124 Å². The second kappa shape index (κ2) is 6.55. The molecule has 0 aliphatic heterocycles. The van der Waals surface area contributed by atoms with Gasteiger partial charge >= 0.3 is 0 Å². The van der Waals surface area contributed by atoms with Crippen molar-refractivity contribution in [3.05, 3.63) is 58.8 Å². The summed E-state index contributed by atoms with van der Waals surface area (Å²) < 4.78 is 5.65. The van der Waals surface area contributed by atoms with E-state index in [9.17, 15) is 0 Å². The van der Waals surface area contributed by atoms with Crippen LogP contribution in [-0.2, 0) is 0 Å². The maximum absolute atomic E-state index is 6.12. The topological polar surface area (TPSA) is 48.1 Å². The van der Waals surface area contributed by atoms with Crippen LogP contribution in [0.1, 0.15) is 18.1 Å². The Kier molecular flexibility index (Phi) is 4.77. The van der Waals surface area contributed by atoms with Crippen molar-refractivity contribution in [2.24, 2.45) is 5.73 Å². The molecule has 0 aliphatic carbocycles. The lowest BCUT2D eigenvalue weighted by atomic mass is 10.2. The Morgan fingerprint density at radius 2 is 2.10 bits per heavy atom. The van der Waals surface area contributed by atoms with Gasteiger partial charge in [0.1, 0.15) is 5.75 Å². The van der Waals surface area contributed by atoms with Gasteiger partial charge in [-0.2, -0.15) is 0 Å². The molecule has 2 aromatic rings. The van der Waals surface area contributed by atoms with Gasteiger partial charge in [0.2, 0.25) is 5.88 Å². The molecule has 0 amide bonds. The molecule has 0 fully saturated rings. The monoisotopic (exact) mass is 288 g/mol. The zero-order chi connectivity index (χ0) is 14.5. The third-order valence-electron chi connectivity index (χ3n) is 2.65. The Hall–Kier alpha value is -1.84. The number of hydrogen-bond donors (Lipinski definition) is 1. The van der Waals surface area contributed by atoms with Crippen molar-refractivity contribution in [1.29, 1.82) is 0 Å². The predicted molar refractivity (Wildman–Crippen MR) is 83.2 cm³/mol. The van der Waals surface area contributed by atoms with Gasteiger partial charge in [0.25, 0.3) is 0 Å². The average Bonchev–Trinajstić information content (AvgIpc) is 2.41. The highest BCUT2D eigenvalue weighted by molar-refractivity contribution is 6.32. The predicted octanol–water partition coefficient (Wildman–Crippen LogP) is 4.20. The lowest BCUT2D eigenvalue weighted by molar-refractivity contribution is 0.463. The van der Waals surface area contributed by atoms with Crippen molar-refractivity contribution in [1.82, 2.24) is 4.98 Å². The number of rotatable bonds is 4. The van der Waals surface area contributed by atoms with Crippen molar-refractivity contribution < 1.29 is 4.74 Å². The fourth-order valence-corrected chi connectivity index (χ4v) is 1.89. The van der Waals surface area contributed by atoms with E-state index in [1.807, 2.05) is 50.3 Å². The van der Waals surface area contributed by atoms with E-state index in [4.69, 9.17) is 22.1 Å². The molecule has 0 bridgehead atoms. The van der Waals surface area contributed by atoms with Crippen LogP contribution in [0, 0.1) is 6.92 Å². The van der Waals surface area contributed by atoms with Crippen LogP contribution in [0.25, 0.3) is 6.08 Å². The molecule has 2 N–H and O–H groups in total. The molecule has 0 saturated heterocycles. The first-order chi connectivity index (χ1) is 9.54. The molecule has 0 radical (unpaired) electrons. The minimum absolute atomic E-state index is 0.0253. The molecule has 2 rings (SSSR count). The molecule has 0 spiro atoms. The highest BCUT2D eigenvalue weighted by atomic mass is 35.5. The Morgan fingerprint density at radius 3 is 2.70 bits per heavy atom. The van der Waals surface area contributed by atoms with Crippen LogP contribution in [0.3, 0.4) is 0 Å². The summed E-state index contributed by atoms with van der Waals surface area (Å²) in [7, 11) is 0. The largest absolute Gasteiger partial charge is 0.437 e. The summed E-state index contributed by atoms with van der Waals surface area (Å²) in [5.41, 5.74) is 7.72. The molecule has 1 aromatic carbocycles. The van der Waals surface area contributed by atoms with Gasteiger partial charge in [-0.15, -0.1) is 0 Å². The molecule has 20 heavy (non-hydrogen) atoms. The van der Waals surface area contributed by atoms with E-state index >= 15 is 0 Å². The van der Waals surface area contributed by atoms with E-state index in [0.717, 1.165) is 11.1 Å². The van der Waals surface area contributed by atoms with Crippen LogP contribution in [0.2, 0.25) is 5.02 Å². The van der Waals surface area contributed by atoms with Gasteiger partial charge in [0, 0.05) is 18.3 Å². The Bertz CT molecular complexity index is 606. The van der Waals surface area contributed by atoms with E-state index in [1.165, 1.54) is 0 Å². The van der Waals surface area contributed by atoms with E-state index in [2.05, 4.69) is 4.98 Å². The number of hydrogen-bond acceptors (Lipinski definition) is 3. The average molecular weight is 289 g/mol. The highest BCUT2D eigenvalue weighted by Gasteiger charge is 2.04. The molecule has 104 valence electrons. The molecule has 1 atom stereocenters. The van der Waals surface area contributed by atoms with Crippen LogP contribution in [0.4, 0.5) is 0 Å². The summed E-state index contributed by atoms with van der Waals surface area (Å²) in [6.45, 7) is 3.90. The molecule has 1 aromatic heterocycles. The highest BCUT2D eigenvalue weighted by Crippen LogP contribution is 2.29. The minimum Gasteiger partial charge on any atom is -0.437 e. The number of ether oxygens (including phenoxy) is 1. The van der Waals surface area contributed by atoms with E-state index in [-0.39, 0.29) is 6.04 Å². The summed E-state index contributed by atoms with van der Waals surface area (Å²) in [5, 5.41) is 0.577. The van der Waals surface area contributed by atoms with Crippen LogP contribution < -0.4 is 10.5 Å². The lowest BCUT2D eigenvalue weighted by Gasteiger charge is -2.07. The lowest BCUT2D eigenvalue weighted by Crippen LogP contribution is -2.09. The smallest absolute Gasteiger partial charge is 0.219 e. The Morgan fingerprint density at radius 1 is 1.30 bits per heavy atom. The maximum atomic E-state index is 6.12. The quantitative estimate of drug-likeness (QED) is 0.917. The van der Waals surface area contributed by atoms with Crippen LogP contribution >= 0.6 is 11.6 Å². The normalized spacial score (nSPS) is 12.6. The molecule has 1 heterocycles. The molecule has 0 saturated carbocycles. The number of halogens is 1. The molecule has 0 aliphatic rings. The van der Waals surface area contributed by atoms with Gasteiger partial charge in [-0.3, -0.25) is 0 Å². The summed E-state index contributed by atoms with van der Waals surface area (Å²) in [4.78, 5) is 4.24. The third-order valence-corrected chi connectivity index (χ3v) is 2.95. The molecular weight excluding hydrogens is 272 g/mol. The summed E-state index contributed by atoms with van der Waals surface area (Å²) in [6.07, 6.45) is 5.57. The van der Waals surface area contributed by atoms with Crippen molar-refractivity contribution in [2.75, 3.05) is 0 Å². The fraction of sp³-hybridized carbons (Fsp3) is 0.188. The van der Waals surface area contributed by atoms with Crippen molar-refractivity contribution in [3.63, 3.8) is 0 Å². The van der Waals surface area contributed by atoms with Crippen LogP contribution in [0.5, 0.6) is 11.6 Å². The standard InChI is InChI=1S/C16H17ClN2O/c1-11-3-7-15(14(17)9-11)20-16-8-6-13(10-19-16)5-4-12(2)18/h3-10,12H,18H2,1-2H3/b5-4+/t12-/m0/s1. The number of nitrogens with two attached hydrogens (primary N) is 1. The van der Waals surface area contributed by atoms with E-state index in [0.29, 0.717) is 16.7 Å². The zero-order valence-electron chi connectivity index (χ0n) is 11.5. The molecular formula is C16H17ClN2O. The molecule has 3 nitrogen and oxygen atoms in total. The first kappa shape index (κ1) is 14.6. The van der Waals surface area contributed by atoms with Crippen molar-refractivity contribution >= 4 is 17.7 Å². The van der Waals surface area contributed by atoms with Gasteiger partial charge in [0.15, 0.2) is 0 Å². The molecule has 0 unspecified atom stereocenters. The fourth-order valence-electron chi connectivity index (χ4n) is 1.61.